The molecule has 2 heterocycles. The van der Waals surface area contributed by atoms with Gasteiger partial charge < -0.3 is 9.84 Å². The molecule has 19 heavy (non-hydrogen) atoms. The Balaban J connectivity index is 1.88. The minimum atomic E-state index is 0.271. The van der Waals surface area contributed by atoms with E-state index in [2.05, 4.69) is 48.1 Å². The second-order valence-corrected chi connectivity index (χ2v) is 6.60. The average Bonchev–Trinajstić information content (AvgIpc) is 2.76. The van der Waals surface area contributed by atoms with Crippen molar-refractivity contribution >= 4 is 0 Å². The molecule has 0 saturated carbocycles. The van der Waals surface area contributed by atoms with Gasteiger partial charge >= 0.3 is 0 Å². The molecule has 108 valence electrons. The molecule has 1 atom stereocenters. The smallest absolute Gasteiger partial charge is 0.226 e. The number of nitrogens with one attached hydrogen (secondary N) is 1. The van der Waals surface area contributed by atoms with Gasteiger partial charge in [0.25, 0.3) is 0 Å². The van der Waals surface area contributed by atoms with Crippen LogP contribution in [0.3, 0.4) is 0 Å². The van der Waals surface area contributed by atoms with Gasteiger partial charge in [0, 0.05) is 32.6 Å². The maximum absolute atomic E-state index is 5.37. The summed E-state index contributed by atoms with van der Waals surface area (Å²) in [4.78, 5) is 6.88. The van der Waals surface area contributed by atoms with Crippen molar-refractivity contribution in [2.24, 2.45) is 11.3 Å². The Bertz CT molecular complexity index is 390. The van der Waals surface area contributed by atoms with E-state index >= 15 is 0 Å². The first kappa shape index (κ1) is 14.5. The van der Waals surface area contributed by atoms with Crippen LogP contribution in [0.25, 0.3) is 0 Å². The van der Waals surface area contributed by atoms with E-state index in [0.717, 1.165) is 50.9 Å². The second kappa shape index (κ2) is 6.01. The van der Waals surface area contributed by atoms with Crippen molar-refractivity contribution in [2.75, 3.05) is 26.2 Å². The molecule has 0 aliphatic carbocycles. The Morgan fingerprint density at radius 1 is 1.32 bits per heavy atom. The number of hydrogen-bond acceptors (Lipinski definition) is 5. The molecule has 1 aliphatic heterocycles. The van der Waals surface area contributed by atoms with Crippen molar-refractivity contribution in [1.82, 2.24) is 20.4 Å². The third kappa shape index (κ3) is 4.28. The van der Waals surface area contributed by atoms with E-state index in [-0.39, 0.29) is 5.41 Å². The van der Waals surface area contributed by atoms with Crippen molar-refractivity contribution in [2.45, 2.75) is 40.7 Å². The lowest BCUT2D eigenvalue weighted by Crippen LogP contribution is -2.43. The summed E-state index contributed by atoms with van der Waals surface area (Å²) in [5, 5.41) is 7.44. The summed E-state index contributed by atoms with van der Waals surface area (Å²) in [5.41, 5.74) is 0.271. The van der Waals surface area contributed by atoms with Crippen LogP contribution >= 0.6 is 0 Å². The zero-order valence-corrected chi connectivity index (χ0v) is 12.6. The fraction of sp³-hybridized carbons (Fsp3) is 0.857. The fourth-order valence-corrected chi connectivity index (χ4v) is 2.07. The molecule has 1 unspecified atom stereocenters. The summed E-state index contributed by atoms with van der Waals surface area (Å²) in [6.45, 7) is 14.0. The molecule has 1 fully saturated rings. The minimum absolute atomic E-state index is 0.271. The van der Waals surface area contributed by atoms with Crippen molar-refractivity contribution in [3.05, 3.63) is 11.7 Å². The topological polar surface area (TPSA) is 54.2 Å². The third-order valence-corrected chi connectivity index (χ3v) is 4.04. The lowest BCUT2D eigenvalue weighted by atomic mass is 9.80. The van der Waals surface area contributed by atoms with Crippen LogP contribution in [0.5, 0.6) is 0 Å². The molecular formula is C14H26N4O. The quantitative estimate of drug-likeness (QED) is 0.899. The predicted octanol–water partition coefficient (Wildman–Crippen LogP) is 1.70. The van der Waals surface area contributed by atoms with Gasteiger partial charge in [0.1, 0.15) is 0 Å². The Morgan fingerprint density at radius 2 is 2.00 bits per heavy atom. The Morgan fingerprint density at radius 3 is 2.63 bits per heavy atom. The molecule has 0 radical (unpaired) electrons. The van der Waals surface area contributed by atoms with Gasteiger partial charge in [-0.15, -0.1) is 0 Å². The van der Waals surface area contributed by atoms with E-state index in [4.69, 9.17) is 4.52 Å². The summed E-state index contributed by atoms with van der Waals surface area (Å²) < 4.78 is 5.37. The summed E-state index contributed by atoms with van der Waals surface area (Å²) in [6, 6.07) is 0. The van der Waals surface area contributed by atoms with E-state index in [9.17, 15) is 0 Å². The first-order valence-electron chi connectivity index (χ1n) is 7.19. The molecule has 1 saturated heterocycles. The SMILES string of the molecule is CC(Cc1nc(CN2CCNCC2)no1)C(C)(C)C. The zero-order chi connectivity index (χ0) is 13.9. The molecule has 0 aromatic carbocycles. The zero-order valence-electron chi connectivity index (χ0n) is 12.6. The van der Waals surface area contributed by atoms with Crippen molar-refractivity contribution in [3.63, 3.8) is 0 Å². The van der Waals surface area contributed by atoms with Gasteiger partial charge in [-0.1, -0.05) is 32.9 Å². The highest BCUT2D eigenvalue weighted by atomic mass is 16.5. The van der Waals surface area contributed by atoms with E-state index in [1.165, 1.54) is 0 Å². The summed E-state index contributed by atoms with van der Waals surface area (Å²) in [6.07, 6.45) is 0.859. The van der Waals surface area contributed by atoms with Crippen LogP contribution in [-0.4, -0.2) is 41.2 Å². The second-order valence-electron chi connectivity index (χ2n) is 6.60. The van der Waals surface area contributed by atoms with E-state index in [0.29, 0.717) is 5.92 Å². The van der Waals surface area contributed by atoms with Gasteiger partial charge in [0.2, 0.25) is 5.89 Å². The van der Waals surface area contributed by atoms with Gasteiger partial charge in [-0.05, 0) is 11.3 Å². The molecule has 2 rings (SSSR count). The maximum atomic E-state index is 5.37. The van der Waals surface area contributed by atoms with Crippen molar-refractivity contribution in [1.29, 1.82) is 0 Å². The van der Waals surface area contributed by atoms with Crippen LogP contribution in [0, 0.1) is 11.3 Å². The van der Waals surface area contributed by atoms with Crippen LogP contribution in [0.15, 0.2) is 4.52 Å². The highest BCUT2D eigenvalue weighted by Crippen LogP contribution is 2.27. The van der Waals surface area contributed by atoms with Crippen molar-refractivity contribution in [3.8, 4) is 0 Å². The number of aromatic nitrogens is 2. The standard InChI is InChI=1S/C14H26N4O/c1-11(14(2,3)4)9-13-16-12(17-19-13)10-18-7-5-15-6-8-18/h11,15H,5-10H2,1-4H3. The molecule has 0 bridgehead atoms. The number of hydrogen-bond donors (Lipinski definition) is 1. The first-order valence-corrected chi connectivity index (χ1v) is 7.19. The molecule has 1 aromatic rings. The van der Waals surface area contributed by atoms with Crippen LogP contribution in [-0.2, 0) is 13.0 Å². The molecule has 0 amide bonds. The highest BCUT2D eigenvalue weighted by Gasteiger charge is 2.23. The highest BCUT2D eigenvalue weighted by molar-refractivity contribution is 4.90. The van der Waals surface area contributed by atoms with Gasteiger partial charge in [-0.2, -0.15) is 4.98 Å². The van der Waals surface area contributed by atoms with Gasteiger partial charge in [0.05, 0.1) is 6.54 Å². The third-order valence-electron chi connectivity index (χ3n) is 4.04. The molecule has 1 aromatic heterocycles. The normalized spacial score (nSPS) is 19.6. The average molecular weight is 266 g/mol. The van der Waals surface area contributed by atoms with Crippen LogP contribution in [0.1, 0.15) is 39.4 Å². The van der Waals surface area contributed by atoms with E-state index in [1.54, 1.807) is 0 Å². The molecule has 1 N–H and O–H groups in total. The summed E-state index contributed by atoms with van der Waals surface area (Å²) >= 11 is 0. The van der Waals surface area contributed by atoms with Crippen LogP contribution in [0.4, 0.5) is 0 Å². The first-order chi connectivity index (χ1) is 8.95. The summed E-state index contributed by atoms with van der Waals surface area (Å²) in [5.74, 6) is 2.12. The Labute approximate surface area is 115 Å². The van der Waals surface area contributed by atoms with E-state index < -0.39 is 0 Å². The minimum Gasteiger partial charge on any atom is -0.339 e. The maximum Gasteiger partial charge on any atom is 0.226 e. The summed E-state index contributed by atoms with van der Waals surface area (Å²) in [7, 11) is 0. The lowest BCUT2D eigenvalue weighted by Gasteiger charge is -2.26. The van der Waals surface area contributed by atoms with Gasteiger partial charge in [-0.25, -0.2) is 0 Å². The molecule has 0 spiro atoms. The van der Waals surface area contributed by atoms with E-state index in [1.807, 2.05) is 0 Å². The van der Waals surface area contributed by atoms with Crippen LogP contribution < -0.4 is 5.32 Å². The number of piperazine rings is 1. The number of nitrogens with zero attached hydrogens (tertiary/aromatic N) is 3. The van der Waals surface area contributed by atoms with Gasteiger partial charge in [0.15, 0.2) is 5.82 Å². The largest absolute Gasteiger partial charge is 0.339 e. The predicted molar refractivity (Wildman–Crippen MR) is 74.8 cm³/mol. The van der Waals surface area contributed by atoms with Crippen LogP contribution in [0.2, 0.25) is 0 Å². The van der Waals surface area contributed by atoms with Crippen molar-refractivity contribution < 1.29 is 4.52 Å². The molecule has 5 heteroatoms. The monoisotopic (exact) mass is 266 g/mol. The number of rotatable bonds is 4. The Kier molecular flexibility index (Phi) is 4.58. The lowest BCUT2D eigenvalue weighted by molar-refractivity contribution is 0.223. The fourth-order valence-electron chi connectivity index (χ4n) is 2.07. The van der Waals surface area contributed by atoms with Gasteiger partial charge in [-0.3, -0.25) is 4.90 Å². The molecule has 1 aliphatic rings. The Hall–Kier alpha value is -0.940. The molecular weight excluding hydrogens is 240 g/mol. The molecule has 5 nitrogen and oxygen atoms in total.